The number of fused-ring (bicyclic) bond motifs is 4. The van der Waals surface area contributed by atoms with Crippen LogP contribution in [0.15, 0.2) is 140 Å². The topological polar surface area (TPSA) is 24.7 Å². The van der Waals surface area contributed by atoms with Crippen molar-refractivity contribution >= 4 is 11.1 Å². The summed E-state index contributed by atoms with van der Waals surface area (Å²) in [5, 5.41) is 4.94. The largest absolute Gasteiger partial charge is 0.248 e. The number of unbranched alkanes of at least 4 members (excludes halogenated alkanes) is 14. The van der Waals surface area contributed by atoms with E-state index in [-0.39, 0.29) is 10.8 Å². The molecule has 60 heavy (non-hydrogen) atoms. The lowest BCUT2D eigenvalue weighted by Crippen LogP contribution is -2.30. The van der Waals surface area contributed by atoms with Crippen LogP contribution in [0.4, 0.5) is 0 Å². The van der Waals surface area contributed by atoms with E-state index in [1.807, 2.05) is 0 Å². The summed E-state index contributed by atoms with van der Waals surface area (Å²) in [6, 6.07) is 17.7. The summed E-state index contributed by atoms with van der Waals surface area (Å²) < 4.78 is 0. The van der Waals surface area contributed by atoms with Crippen LogP contribution in [0.1, 0.15) is 176 Å². The first-order chi connectivity index (χ1) is 29.2. The van der Waals surface area contributed by atoms with Gasteiger partial charge in [-0.25, -0.2) is 9.98 Å². The molecule has 2 heterocycles. The van der Waals surface area contributed by atoms with Crippen LogP contribution in [-0.2, 0) is 0 Å². The van der Waals surface area contributed by atoms with Crippen molar-refractivity contribution in [3.05, 3.63) is 151 Å². The molecule has 2 nitrogen and oxygen atoms in total. The quantitative estimate of drug-likeness (QED) is 0.112. The molecule has 0 bridgehead atoms. The zero-order valence-corrected chi connectivity index (χ0v) is 38.5. The van der Waals surface area contributed by atoms with E-state index in [0.717, 1.165) is 30.0 Å². The Hall–Kier alpha value is -4.04. The van der Waals surface area contributed by atoms with Crippen molar-refractivity contribution in [2.75, 3.05) is 0 Å². The van der Waals surface area contributed by atoms with Gasteiger partial charge >= 0.3 is 0 Å². The predicted octanol–water partition coefficient (Wildman–Crippen LogP) is 14.3. The van der Waals surface area contributed by atoms with E-state index in [2.05, 4.69) is 133 Å². The Labute approximate surface area is 364 Å². The lowest BCUT2D eigenvalue weighted by atomic mass is 9.67. The summed E-state index contributed by atoms with van der Waals surface area (Å²) in [7, 11) is 0. The first kappa shape index (κ1) is 44.0. The Morgan fingerprint density at radius 2 is 1.18 bits per heavy atom. The van der Waals surface area contributed by atoms with E-state index in [1.165, 1.54) is 171 Å². The second-order valence-corrected chi connectivity index (χ2v) is 19.8. The molecule has 0 amide bonds. The van der Waals surface area contributed by atoms with E-state index in [0.29, 0.717) is 5.92 Å². The molecule has 0 N–H and O–H groups in total. The number of allylic oxidation sites excluding steroid dienone is 13. The van der Waals surface area contributed by atoms with Gasteiger partial charge in [0.05, 0.1) is 22.1 Å². The fourth-order valence-electron chi connectivity index (χ4n) is 10.8. The third kappa shape index (κ3) is 10.5. The van der Waals surface area contributed by atoms with Gasteiger partial charge in [-0.1, -0.05) is 210 Å². The number of nitrogens with zero attached hydrogens (tertiary/aromatic N) is 2. The molecule has 0 spiro atoms. The Kier molecular flexibility index (Phi) is 15.2. The maximum atomic E-state index is 5.19. The number of hydrogen-bond acceptors (Lipinski definition) is 2. The van der Waals surface area contributed by atoms with E-state index in [4.69, 9.17) is 9.98 Å². The lowest BCUT2D eigenvalue weighted by molar-refractivity contribution is 0.463. The molecule has 1 atom stereocenters. The van der Waals surface area contributed by atoms with Crippen LogP contribution in [0.2, 0.25) is 0 Å². The molecular weight excluding hydrogens is 725 g/mol. The third-order valence-corrected chi connectivity index (χ3v) is 14.0. The molecule has 3 aliphatic carbocycles. The molecule has 0 saturated heterocycles. The average Bonchev–Trinajstić information content (AvgIpc) is 3.78. The maximum absolute atomic E-state index is 5.19. The van der Waals surface area contributed by atoms with Crippen molar-refractivity contribution < 1.29 is 0 Å². The van der Waals surface area contributed by atoms with Gasteiger partial charge in [0, 0.05) is 32.8 Å². The van der Waals surface area contributed by atoms with E-state index in [1.54, 1.807) is 5.57 Å². The van der Waals surface area contributed by atoms with Crippen molar-refractivity contribution in [2.45, 2.75) is 176 Å². The van der Waals surface area contributed by atoms with Gasteiger partial charge in [0.2, 0.25) is 0 Å². The standard InChI is InChI=1S/C58H76N2/c1-7-9-11-13-15-17-19-21-30-45-49(57(3,4)41-53-55(45)47-32-23-25-34-51(47)59-53)38-36-43-28-27-29-44(40-43)37-39-50-46(31-22-20-18-16-14-12-10-8-2)56-48-33-24-26-35-52(48)60-54(56)42-58(50,5)6/h23-26,32-42,45H,7-22,27-31H2,1-6H3. The minimum atomic E-state index is -0.0829. The predicted molar refractivity (Wildman–Crippen MR) is 257 cm³/mol. The molecule has 0 radical (unpaired) electrons. The van der Waals surface area contributed by atoms with E-state index < -0.39 is 0 Å². The van der Waals surface area contributed by atoms with Gasteiger partial charge in [-0.3, -0.25) is 0 Å². The molecule has 1 unspecified atom stereocenters. The second kappa shape index (κ2) is 20.7. The third-order valence-electron chi connectivity index (χ3n) is 14.0. The van der Waals surface area contributed by atoms with Crippen molar-refractivity contribution in [1.29, 1.82) is 0 Å². The molecule has 318 valence electrons. The monoisotopic (exact) mass is 801 g/mol. The highest BCUT2D eigenvalue weighted by atomic mass is 14.8. The Bertz CT molecular complexity index is 2330. The van der Waals surface area contributed by atoms with Crippen LogP contribution in [-0.4, -0.2) is 0 Å². The highest BCUT2D eigenvalue weighted by molar-refractivity contribution is 5.83. The molecule has 0 aromatic heterocycles. The SMILES string of the molecule is CCCCCCCCCCC1=C(C=CC2=CC(=CC=C3C(CCCCCCCCCC)C4=c5ccccc5=NC4=CC3(C)C)CCC2)C(C)(C)C=C2N=c3ccccc3=C21. The highest BCUT2D eigenvalue weighted by Crippen LogP contribution is 2.49. The molecule has 7 rings (SSSR count). The first-order valence-electron chi connectivity index (χ1n) is 24.6. The fourth-order valence-corrected chi connectivity index (χ4v) is 10.8. The summed E-state index contributed by atoms with van der Waals surface area (Å²) in [6.07, 6.45) is 44.8. The minimum absolute atomic E-state index is 0.0486. The highest BCUT2D eigenvalue weighted by Gasteiger charge is 2.38. The lowest BCUT2D eigenvalue weighted by Gasteiger charge is -2.37. The summed E-state index contributed by atoms with van der Waals surface area (Å²) in [6.45, 7) is 14.3. The number of para-hydroxylation sites is 2. The van der Waals surface area contributed by atoms with Crippen molar-refractivity contribution in [2.24, 2.45) is 26.7 Å². The first-order valence-corrected chi connectivity index (χ1v) is 24.6. The second-order valence-electron chi connectivity index (χ2n) is 19.8. The van der Waals surface area contributed by atoms with Gasteiger partial charge in [0.15, 0.2) is 0 Å². The van der Waals surface area contributed by atoms with Gasteiger partial charge in [0.25, 0.3) is 0 Å². The molecule has 2 aromatic carbocycles. The number of benzene rings is 2. The summed E-state index contributed by atoms with van der Waals surface area (Å²) in [5.74, 6) is 0.402. The zero-order chi connectivity index (χ0) is 42.0. The number of hydrogen-bond donors (Lipinski definition) is 0. The van der Waals surface area contributed by atoms with Crippen LogP contribution in [0.3, 0.4) is 0 Å². The minimum Gasteiger partial charge on any atom is -0.248 e. The smallest absolute Gasteiger partial charge is 0.0716 e. The van der Waals surface area contributed by atoms with Gasteiger partial charge in [-0.15, -0.1) is 0 Å². The summed E-state index contributed by atoms with van der Waals surface area (Å²) in [4.78, 5) is 10.4. The Morgan fingerprint density at radius 1 is 0.600 bits per heavy atom. The Balaban J connectivity index is 1.15. The average molecular weight is 801 g/mol. The van der Waals surface area contributed by atoms with Gasteiger partial charge in [-0.05, 0) is 90.7 Å². The molecule has 2 aromatic rings. The summed E-state index contributed by atoms with van der Waals surface area (Å²) >= 11 is 0. The van der Waals surface area contributed by atoms with Gasteiger partial charge in [0.1, 0.15) is 0 Å². The fraction of sp³-hybridized carbons (Fsp3) is 0.517. The summed E-state index contributed by atoms with van der Waals surface area (Å²) in [5.41, 5.74) is 12.6. The Morgan fingerprint density at radius 3 is 1.88 bits per heavy atom. The van der Waals surface area contributed by atoms with Gasteiger partial charge in [-0.2, -0.15) is 0 Å². The van der Waals surface area contributed by atoms with Crippen LogP contribution < -0.4 is 21.2 Å². The van der Waals surface area contributed by atoms with Crippen molar-refractivity contribution in [3.8, 4) is 0 Å². The molecule has 5 aliphatic rings. The maximum Gasteiger partial charge on any atom is 0.0716 e. The van der Waals surface area contributed by atoms with Crippen LogP contribution >= 0.6 is 0 Å². The van der Waals surface area contributed by atoms with Crippen LogP contribution in [0, 0.1) is 16.7 Å². The molecule has 0 fully saturated rings. The normalized spacial score (nSPS) is 21.4. The van der Waals surface area contributed by atoms with E-state index >= 15 is 0 Å². The van der Waals surface area contributed by atoms with Crippen molar-refractivity contribution in [3.63, 3.8) is 0 Å². The zero-order valence-electron chi connectivity index (χ0n) is 38.5. The van der Waals surface area contributed by atoms with Crippen molar-refractivity contribution in [1.82, 2.24) is 0 Å². The van der Waals surface area contributed by atoms with Crippen LogP contribution in [0.25, 0.3) is 11.1 Å². The molecule has 2 aliphatic heterocycles. The molecular formula is C58H76N2. The number of rotatable bonds is 21. The molecule has 0 saturated carbocycles. The van der Waals surface area contributed by atoms with Gasteiger partial charge < -0.3 is 0 Å². The molecule has 2 heteroatoms. The van der Waals surface area contributed by atoms with Crippen LogP contribution in [0.5, 0.6) is 0 Å². The van der Waals surface area contributed by atoms with E-state index in [9.17, 15) is 0 Å².